The second-order valence-electron chi connectivity index (χ2n) is 5.46. The zero-order chi connectivity index (χ0) is 19.1. The Hall–Kier alpha value is -3.42. The molecule has 0 aliphatic heterocycles. The molecule has 1 unspecified atom stereocenters. The zero-order valence-corrected chi connectivity index (χ0v) is 14.0. The van der Waals surface area contributed by atoms with Crippen LogP contribution < -0.4 is 16.4 Å². The van der Waals surface area contributed by atoms with Crippen molar-refractivity contribution >= 4 is 23.6 Å². The minimum atomic E-state index is -1.01. The van der Waals surface area contributed by atoms with E-state index in [4.69, 9.17) is 10.5 Å². The summed E-state index contributed by atoms with van der Waals surface area (Å²) in [6.45, 7) is 1.63. The monoisotopic (exact) mass is 359 g/mol. The van der Waals surface area contributed by atoms with Crippen LogP contribution in [0, 0.1) is 5.82 Å². The van der Waals surface area contributed by atoms with Crippen molar-refractivity contribution < 1.29 is 23.5 Å². The highest BCUT2D eigenvalue weighted by Crippen LogP contribution is 2.11. The van der Waals surface area contributed by atoms with Crippen LogP contribution in [-0.4, -0.2) is 24.0 Å². The summed E-state index contributed by atoms with van der Waals surface area (Å²) >= 11 is 0. The minimum absolute atomic E-state index is 0.189. The average Bonchev–Trinajstić information content (AvgIpc) is 2.61. The number of primary amides is 1. The Morgan fingerprint density at radius 2 is 1.69 bits per heavy atom. The van der Waals surface area contributed by atoms with E-state index in [0.717, 1.165) is 5.56 Å². The minimum Gasteiger partial charge on any atom is -0.449 e. The molecule has 0 radical (unpaired) electrons. The fourth-order valence-corrected chi connectivity index (χ4v) is 2.05. The molecule has 7 nitrogen and oxygen atoms in total. The van der Waals surface area contributed by atoms with Crippen LogP contribution in [0.15, 0.2) is 48.5 Å². The number of anilines is 1. The summed E-state index contributed by atoms with van der Waals surface area (Å²) in [5.41, 5.74) is 6.36. The molecule has 0 fully saturated rings. The van der Waals surface area contributed by atoms with Gasteiger partial charge in [0.25, 0.3) is 5.91 Å². The topological polar surface area (TPSA) is 111 Å². The van der Waals surface area contributed by atoms with Gasteiger partial charge in [0.2, 0.25) is 0 Å². The standard InChI is InChI=1S/C18H18FN3O4/c1-11(16(23)21-10-12-2-6-14(19)7-3-12)26-17(24)13-4-8-15(9-5-13)22-18(20)25/h2-9,11H,10H2,1H3,(H,21,23)(H3,20,22,25). The van der Waals surface area contributed by atoms with Gasteiger partial charge in [0, 0.05) is 12.2 Å². The van der Waals surface area contributed by atoms with E-state index in [0.29, 0.717) is 5.69 Å². The number of amides is 3. The number of benzene rings is 2. The Bertz CT molecular complexity index is 791. The molecule has 0 saturated heterocycles. The van der Waals surface area contributed by atoms with Crippen molar-refractivity contribution in [3.63, 3.8) is 0 Å². The quantitative estimate of drug-likeness (QED) is 0.687. The molecule has 0 aliphatic carbocycles. The van der Waals surface area contributed by atoms with Crippen molar-refractivity contribution in [3.8, 4) is 0 Å². The van der Waals surface area contributed by atoms with Crippen molar-refractivity contribution in [1.82, 2.24) is 5.32 Å². The third-order valence-corrected chi connectivity index (χ3v) is 3.42. The Balaban J connectivity index is 1.86. The highest BCUT2D eigenvalue weighted by atomic mass is 19.1. The number of hydrogen-bond acceptors (Lipinski definition) is 4. The molecule has 136 valence electrons. The first-order valence-corrected chi connectivity index (χ1v) is 7.75. The highest BCUT2D eigenvalue weighted by Gasteiger charge is 2.18. The van der Waals surface area contributed by atoms with Crippen LogP contribution in [0.25, 0.3) is 0 Å². The molecular formula is C18H18FN3O4. The maximum atomic E-state index is 12.8. The van der Waals surface area contributed by atoms with Gasteiger partial charge in [-0.2, -0.15) is 0 Å². The summed E-state index contributed by atoms with van der Waals surface area (Å²) in [6, 6.07) is 10.8. The number of rotatable bonds is 6. The van der Waals surface area contributed by atoms with Gasteiger partial charge >= 0.3 is 12.0 Å². The number of ether oxygens (including phenoxy) is 1. The summed E-state index contributed by atoms with van der Waals surface area (Å²) in [7, 11) is 0. The molecule has 2 aromatic rings. The van der Waals surface area contributed by atoms with Crippen LogP contribution in [0.1, 0.15) is 22.8 Å². The molecule has 4 N–H and O–H groups in total. The Morgan fingerprint density at radius 1 is 1.08 bits per heavy atom. The van der Waals surface area contributed by atoms with Crippen LogP contribution in [0.4, 0.5) is 14.9 Å². The van der Waals surface area contributed by atoms with Gasteiger partial charge in [0.15, 0.2) is 6.10 Å². The first-order valence-electron chi connectivity index (χ1n) is 7.75. The molecule has 0 aromatic heterocycles. The fourth-order valence-electron chi connectivity index (χ4n) is 2.05. The lowest BCUT2D eigenvalue weighted by atomic mass is 10.2. The molecular weight excluding hydrogens is 341 g/mol. The number of carbonyl (C=O) groups is 3. The van der Waals surface area contributed by atoms with E-state index in [2.05, 4.69) is 10.6 Å². The zero-order valence-electron chi connectivity index (χ0n) is 14.0. The van der Waals surface area contributed by atoms with Crippen LogP contribution in [0.3, 0.4) is 0 Å². The molecule has 2 rings (SSSR count). The lowest BCUT2D eigenvalue weighted by molar-refractivity contribution is -0.129. The Labute approximate surface area is 149 Å². The number of hydrogen-bond donors (Lipinski definition) is 3. The maximum Gasteiger partial charge on any atom is 0.338 e. The number of nitrogens with one attached hydrogen (secondary N) is 2. The van der Waals surface area contributed by atoms with Crippen molar-refractivity contribution in [2.75, 3.05) is 5.32 Å². The van der Waals surface area contributed by atoms with E-state index in [9.17, 15) is 18.8 Å². The third kappa shape index (κ3) is 5.59. The third-order valence-electron chi connectivity index (χ3n) is 3.42. The smallest absolute Gasteiger partial charge is 0.338 e. The van der Waals surface area contributed by atoms with Crippen molar-refractivity contribution in [3.05, 3.63) is 65.5 Å². The van der Waals surface area contributed by atoms with Crippen molar-refractivity contribution in [1.29, 1.82) is 0 Å². The molecule has 0 saturated carbocycles. The van der Waals surface area contributed by atoms with Gasteiger partial charge in [-0.3, -0.25) is 4.79 Å². The first kappa shape index (κ1) is 18.9. The molecule has 0 spiro atoms. The molecule has 3 amide bonds. The van der Waals surface area contributed by atoms with E-state index in [1.54, 1.807) is 12.1 Å². The summed E-state index contributed by atoms with van der Waals surface area (Å²) in [4.78, 5) is 34.8. The highest BCUT2D eigenvalue weighted by molar-refractivity contribution is 5.93. The van der Waals surface area contributed by atoms with E-state index in [-0.39, 0.29) is 17.9 Å². The molecule has 1 atom stereocenters. The predicted octanol–water partition coefficient (Wildman–Crippen LogP) is 2.18. The number of urea groups is 1. The second kappa shape index (κ2) is 8.61. The van der Waals surface area contributed by atoms with Gasteiger partial charge in [-0.15, -0.1) is 0 Å². The lowest BCUT2D eigenvalue weighted by Crippen LogP contribution is -2.35. The normalized spacial score (nSPS) is 11.3. The van der Waals surface area contributed by atoms with Crippen molar-refractivity contribution in [2.45, 2.75) is 19.6 Å². The van der Waals surface area contributed by atoms with E-state index in [1.807, 2.05) is 0 Å². The average molecular weight is 359 g/mol. The fraction of sp³-hybridized carbons (Fsp3) is 0.167. The van der Waals surface area contributed by atoms with E-state index in [1.165, 1.54) is 43.3 Å². The summed E-state index contributed by atoms with van der Waals surface area (Å²) < 4.78 is 17.9. The van der Waals surface area contributed by atoms with Crippen LogP contribution >= 0.6 is 0 Å². The predicted molar refractivity (Wildman–Crippen MR) is 92.8 cm³/mol. The molecule has 8 heteroatoms. The van der Waals surface area contributed by atoms with Gasteiger partial charge in [0.1, 0.15) is 5.82 Å². The molecule has 0 heterocycles. The van der Waals surface area contributed by atoms with Crippen molar-refractivity contribution in [2.24, 2.45) is 5.73 Å². The van der Waals surface area contributed by atoms with Gasteiger partial charge in [-0.25, -0.2) is 14.0 Å². The van der Waals surface area contributed by atoms with Gasteiger partial charge < -0.3 is 21.1 Å². The maximum absolute atomic E-state index is 12.8. The summed E-state index contributed by atoms with van der Waals surface area (Å²) in [5.74, 6) is -1.52. The molecule has 26 heavy (non-hydrogen) atoms. The second-order valence-corrected chi connectivity index (χ2v) is 5.46. The Morgan fingerprint density at radius 3 is 2.27 bits per heavy atom. The summed E-state index contributed by atoms with van der Waals surface area (Å²) in [5, 5.41) is 4.97. The van der Waals surface area contributed by atoms with E-state index < -0.39 is 24.0 Å². The first-order chi connectivity index (χ1) is 12.3. The van der Waals surface area contributed by atoms with Crippen LogP contribution in [0.5, 0.6) is 0 Å². The number of nitrogens with two attached hydrogens (primary N) is 1. The van der Waals surface area contributed by atoms with Crippen LogP contribution in [0.2, 0.25) is 0 Å². The van der Waals surface area contributed by atoms with Gasteiger partial charge in [-0.05, 0) is 48.9 Å². The van der Waals surface area contributed by atoms with Gasteiger partial charge in [0.05, 0.1) is 5.56 Å². The van der Waals surface area contributed by atoms with Crippen LogP contribution in [-0.2, 0) is 16.1 Å². The summed E-state index contributed by atoms with van der Waals surface area (Å²) in [6.07, 6.45) is -1.01. The molecule has 2 aromatic carbocycles. The molecule has 0 bridgehead atoms. The molecule has 0 aliphatic rings. The Kier molecular flexibility index (Phi) is 6.26. The van der Waals surface area contributed by atoms with Gasteiger partial charge in [-0.1, -0.05) is 12.1 Å². The SMILES string of the molecule is CC(OC(=O)c1ccc(NC(N)=O)cc1)C(=O)NCc1ccc(F)cc1. The number of halogens is 1. The number of esters is 1. The largest absolute Gasteiger partial charge is 0.449 e. The number of carbonyl (C=O) groups excluding carboxylic acids is 3. The lowest BCUT2D eigenvalue weighted by Gasteiger charge is -2.14. The van der Waals surface area contributed by atoms with E-state index >= 15 is 0 Å².